The van der Waals surface area contributed by atoms with Crippen molar-refractivity contribution in [3.05, 3.63) is 29.8 Å². The molecule has 0 fully saturated rings. The summed E-state index contributed by atoms with van der Waals surface area (Å²) in [4.78, 5) is 22.3. The van der Waals surface area contributed by atoms with Crippen molar-refractivity contribution in [1.29, 1.82) is 0 Å². The van der Waals surface area contributed by atoms with Crippen LogP contribution < -0.4 is 5.32 Å². The molecule has 0 atom stereocenters. The van der Waals surface area contributed by atoms with E-state index in [0.717, 1.165) is 5.56 Å². The van der Waals surface area contributed by atoms with Crippen molar-refractivity contribution in [1.82, 2.24) is 5.32 Å². The molecule has 1 rings (SSSR count). The minimum Gasteiger partial charge on any atom is -0.481 e. The number of hydrogen-bond donors (Lipinski definition) is 2. The molecule has 0 saturated heterocycles. The van der Waals surface area contributed by atoms with Crippen molar-refractivity contribution in [2.24, 2.45) is 0 Å². The first-order chi connectivity index (χ1) is 10.8. The first kappa shape index (κ1) is 19.5. The predicted molar refractivity (Wildman–Crippen MR) is 90.5 cm³/mol. The van der Waals surface area contributed by atoms with Crippen LogP contribution in [-0.4, -0.2) is 49.2 Å². The van der Waals surface area contributed by atoms with Crippen LogP contribution in [0.2, 0.25) is 0 Å². The molecular formula is C15H21NO5S2. The maximum Gasteiger partial charge on any atom is 0.313 e. The number of sulfone groups is 1. The highest BCUT2D eigenvalue weighted by atomic mass is 32.2. The number of carbonyl (C=O) groups excluding carboxylic acids is 1. The van der Waals surface area contributed by atoms with Gasteiger partial charge < -0.3 is 10.4 Å². The molecule has 8 heteroatoms. The van der Waals surface area contributed by atoms with Crippen molar-refractivity contribution in [2.75, 3.05) is 23.8 Å². The molecule has 0 aromatic heterocycles. The van der Waals surface area contributed by atoms with Crippen molar-refractivity contribution < 1.29 is 23.1 Å². The molecule has 0 bridgehead atoms. The molecule has 0 aliphatic rings. The molecule has 0 unspecified atom stereocenters. The number of carboxylic acid groups (broad SMARTS) is 1. The lowest BCUT2D eigenvalue weighted by Gasteiger charge is -2.06. The summed E-state index contributed by atoms with van der Waals surface area (Å²) in [5.41, 5.74) is 0.899. The minimum absolute atomic E-state index is 0.0306. The van der Waals surface area contributed by atoms with Gasteiger partial charge in [-0.25, -0.2) is 8.42 Å². The molecule has 0 aliphatic carbocycles. The maximum atomic E-state index is 11.7. The van der Waals surface area contributed by atoms with E-state index in [1.54, 1.807) is 31.2 Å². The summed E-state index contributed by atoms with van der Waals surface area (Å²) in [6.07, 6.45) is 0.837. The summed E-state index contributed by atoms with van der Waals surface area (Å²) < 4.78 is 23.4. The topological polar surface area (TPSA) is 101 Å². The summed E-state index contributed by atoms with van der Waals surface area (Å²) in [5, 5.41) is 11.2. The van der Waals surface area contributed by atoms with E-state index in [1.807, 2.05) is 0 Å². The zero-order valence-corrected chi connectivity index (χ0v) is 14.6. The van der Waals surface area contributed by atoms with Crippen LogP contribution in [0.25, 0.3) is 0 Å². The Labute approximate surface area is 140 Å². The average Bonchev–Trinajstić information content (AvgIpc) is 2.52. The molecule has 23 heavy (non-hydrogen) atoms. The van der Waals surface area contributed by atoms with Crippen LogP contribution in [0.3, 0.4) is 0 Å². The van der Waals surface area contributed by atoms with Gasteiger partial charge in [-0.3, -0.25) is 9.59 Å². The molecule has 0 saturated carbocycles. The van der Waals surface area contributed by atoms with Gasteiger partial charge in [0.1, 0.15) is 0 Å². The second kappa shape index (κ2) is 9.57. The largest absolute Gasteiger partial charge is 0.481 e. The molecule has 0 spiro atoms. The maximum absolute atomic E-state index is 11.7. The quantitative estimate of drug-likeness (QED) is 0.612. The fourth-order valence-corrected chi connectivity index (χ4v) is 3.25. The van der Waals surface area contributed by atoms with Gasteiger partial charge in [0, 0.05) is 18.7 Å². The number of aliphatic carboxylic acids is 1. The van der Waals surface area contributed by atoms with Crippen LogP contribution in [0.5, 0.6) is 0 Å². The van der Waals surface area contributed by atoms with E-state index < -0.39 is 15.8 Å². The third kappa shape index (κ3) is 7.51. The molecule has 1 aromatic rings. The van der Waals surface area contributed by atoms with Gasteiger partial charge in [-0.1, -0.05) is 19.1 Å². The Morgan fingerprint density at radius 3 is 2.43 bits per heavy atom. The highest BCUT2D eigenvalue weighted by Gasteiger charge is 2.11. The third-order valence-corrected chi connectivity index (χ3v) is 5.79. The van der Waals surface area contributed by atoms with Gasteiger partial charge in [0.05, 0.1) is 16.4 Å². The Balaban J connectivity index is 2.32. The lowest BCUT2D eigenvalue weighted by atomic mass is 10.1. The minimum atomic E-state index is -3.19. The lowest BCUT2D eigenvalue weighted by molar-refractivity contribution is -0.133. The molecule has 6 nitrogen and oxygen atoms in total. The van der Waals surface area contributed by atoms with Crippen LogP contribution in [0.1, 0.15) is 18.9 Å². The fraction of sp³-hybridized carbons (Fsp3) is 0.467. The fourth-order valence-electron chi connectivity index (χ4n) is 1.80. The van der Waals surface area contributed by atoms with Gasteiger partial charge in [0.25, 0.3) is 0 Å². The average molecular weight is 359 g/mol. The predicted octanol–water partition coefficient (Wildman–Crippen LogP) is 1.35. The van der Waals surface area contributed by atoms with Gasteiger partial charge in [0.2, 0.25) is 5.91 Å². The van der Waals surface area contributed by atoms with Gasteiger partial charge in [0.15, 0.2) is 9.84 Å². The van der Waals surface area contributed by atoms with Crippen LogP contribution in [0.4, 0.5) is 0 Å². The lowest BCUT2D eigenvalue weighted by Crippen LogP contribution is -2.26. The number of nitrogens with one attached hydrogen (secondary N) is 1. The molecular weight excluding hydrogens is 338 g/mol. The number of amides is 1. The van der Waals surface area contributed by atoms with E-state index in [9.17, 15) is 18.0 Å². The van der Waals surface area contributed by atoms with Crippen molar-refractivity contribution in [3.63, 3.8) is 0 Å². The standard InChI is InChI=1S/C15H21NO5S2/c1-2-23(20,21)13-6-3-12(4-7-13)5-8-14(17)16-9-10-22-11-15(18)19/h3-4,6-7H,2,5,8-11H2,1H3,(H,16,17)(H,18,19). The highest BCUT2D eigenvalue weighted by molar-refractivity contribution is 7.99. The number of aryl methyl sites for hydroxylation is 1. The Morgan fingerprint density at radius 2 is 1.87 bits per heavy atom. The number of carbonyl (C=O) groups is 2. The normalized spacial score (nSPS) is 11.2. The number of rotatable bonds is 10. The first-order valence-electron chi connectivity index (χ1n) is 7.23. The molecule has 1 amide bonds. The zero-order chi connectivity index (χ0) is 17.3. The second-order valence-electron chi connectivity index (χ2n) is 4.84. The molecule has 0 aliphatic heterocycles. The van der Waals surface area contributed by atoms with Crippen molar-refractivity contribution >= 4 is 33.5 Å². The molecule has 2 N–H and O–H groups in total. The summed E-state index contributed by atoms with van der Waals surface area (Å²) in [7, 11) is -3.19. The Hall–Kier alpha value is -1.54. The van der Waals surface area contributed by atoms with Crippen LogP contribution >= 0.6 is 11.8 Å². The summed E-state index contributed by atoms with van der Waals surface area (Å²) in [5.74, 6) is -0.319. The van der Waals surface area contributed by atoms with Crippen molar-refractivity contribution in [3.8, 4) is 0 Å². The number of benzene rings is 1. The SMILES string of the molecule is CCS(=O)(=O)c1ccc(CCC(=O)NCCSCC(=O)O)cc1. The van der Waals surface area contributed by atoms with E-state index in [1.165, 1.54) is 11.8 Å². The summed E-state index contributed by atoms with van der Waals surface area (Å²) in [6.45, 7) is 2.03. The Bertz CT molecular complexity index is 626. The zero-order valence-electron chi connectivity index (χ0n) is 12.9. The van der Waals surface area contributed by atoms with Gasteiger partial charge in [-0.15, -0.1) is 11.8 Å². The van der Waals surface area contributed by atoms with Crippen LogP contribution in [0, 0.1) is 0 Å². The van der Waals surface area contributed by atoms with E-state index in [-0.39, 0.29) is 17.4 Å². The third-order valence-electron chi connectivity index (χ3n) is 3.10. The first-order valence-corrected chi connectivity index (χ1v) is 10.0. The molecule has 0 heterocycles. The summed E-state index contributed by atoms with van der Waals surface area (Å²) >= 11 is 1.25. The Kier molecular flexibility index (Phi) is 8.11. The summed E-state index contributed by atoms with van der Waals surface area (Å²) in [6, 6.07) is 6.57. The number of carboxylic acids is 1. The monoisotopic (exact) mass is 359 g/mol. The Morgan fingerprint density at radius 1 is 1.22 bits per heavy atom. The smallest absolute Gasteiger partial charge is 0.313 e. The van der Waals surface area contributed by atoms with Crippen LogP contribution in [0.15, 0.2) is 29.2 Å². The van der Waals surface area contributed by atoms with E-state index >= 15 is 0 Å². The van der Waals surface area contributed by atoms with Gasteiger partial charge >= 0.3 is 5.97 Å². The highest BCUT2D eigenvalue weighted by Crippen LogP contribution is 2.13. The number of hydrogen-bond acceptors (Lipinski definition) is 5. The van der Waals surface area contributed by atoms with Crippen molar-refractivity contribution in [2.45, 2.75) is 24.7 Å². The van der Waals surface area contributed by atoms with E-state index in [2.05, 4.69) is 5.32 Å². The van der Waals surface area contributed by atoms with Crippen LogP contribution in [-0.2, 0) is 25.8 Å². The van der Waals surface area contributed by atoms with Gasteiger partial charge in [-0.05, 0) is 24.1 Å². The second-order valence-corrected chi connectivity index (χ2v) is 8.23. The van der Waals surface area contributed by atoms with Gasteiger partial charge in [-0.2, -0.15) is 0 Å². The van der Waals surface area contributed by atoms with E-state index in [0.29, 0.717) is 30.0 Å². The molecule has 128 valence electrons. The van der Waals surface area contributed by atoms with E-state index in [4.69, 9.17) is 5.11 Å². The number of thioether (sulfide) groups is 1. The molecule has 1 aromatic carbocycles. The molecule has 0 radical (unpaired) electrons.